The maximum atomic E-state index is 13.0. The van der Waals surface area contributed by atoms with E-state index >= 15 is 0 Å². The van der Waals surface area contributed by atoms with Gasteiger partial charge in [-0.05, 0) is 75.1 Å². The van der Waals surface area contributed by atoms with Crippen molar-refractivity contribution in [1.29, 1.82) is 0 Å². The van der Waals surface area contributed by atoms with Gasteiger partial charge in [0.25, 0.3) is 0 Å². The summed E-state index contributed by atoms with van der Waals surface area (Å²) in [7, 11) is 0. The standard InChI is InChI=1S/C26H30ClN5O2/c1-16-5-6-17(2)23(15-16)29-25(34)20-11-13-31(14-12-20)26-24(28-19(4)33)18(3)30-32(26)22-9-7-21(27)8-10-22/h5-10,15,20H,11-14H2,1-4H3,(H,28,33)(H,29,34). The fraction of sp³-hybridized carbons (Fsp3) is 0.346. The molecule has 0 radical (unpaired) electrons. The van der Waals surface area contributed by atoms with E-state index in [0.29, 0.717) is 36.6 Å². The molecule has 2 heterocycles. The van der Waals surface area contributed by atoms with E-state index in [1.807, 2.05) is 67.9 Å². The topological polar surface area (TPSA) is 79.3 Å². The van der Waals surface area contributed by atoms with Crippen molar-refractivity contribution in [3.8, 4) is 5.69 Å². The number of carbonyl (C=O) groups excluding carboxylic acids is 2. The molecule has 7 nitrogen and oxygen atoms in total. The molecule has 4 rings (SSSR count). The summed E-state index contributed by atoms with van der Waals surface area (Å²) in [6.07, 6.45) is 1.42. The average molecular weight is 480 g/mol. The van der Waals surface area contributed by atoms with Crippen LogP contribution in [0.2, 0.25) is 5.02 Å². The number of halogens is 1. The second-order valence-corrected chi connectivity index (χ2v) is 9.36. The van der Waals surface area contributed by atoms with Crippen LogP contribution in [0.25, 0.3) is 5.69 Å². The predicted molar refractivity (Wildman–Crippen MR) is 137 cm³/mol. The minimum atomic E-state index is -0.150. The summed E-state index contributed by atoms with van der Waals surface area (Å²) in [5.41, 5.74) is 5.33. The first-order chi connectivity index (χ1) is 16.2. The van der Waals surface area contributed by atoms with Crippen LogP contribution in [-0.4, -0.2) is 34.7 Å². The molecule has 2 aromatic carbocycles. The maximum Gasteiger partial charge on any atom is 0.227 e. The first kappa shape index (κ1) is 23.8. The second kappa shape index (κ2) is 9.89. The number of aromatic nitrogens is 2. The highest BCUT2D eigenvalue weighted by Gasteiger charge is 2.30. The van der Waals surface area contributed by atoms with Crippen LogP contribution in [0.5, 0.6) is 0 Å². The Balaban J connectivity index is 1.55. The van der Waals surface area contributed by atoms with Crippen LogP contribution < -0.4 is 15.5 Å². The molecule has 1 saturated heterocycles. The number of aryl methyl sites for hydroxylation is 3. The number of amides is 2. The van der Waals surface area contributed by atoms with Gasteiger partial charge in [0.15, 0.2) is 5.82 Å². The Morgan fingerprint density at radius 1 is 1.00 bits per heavy atom. The maximum absolute atomic E-state index is 13.0. The smallest absolute Gasteiger partial charge is 0.227 e. The summed E-state index contributed by atoms with van der Waals surface area (Å²) in [6.45, 7) is 8.75. The molecule has 1 aliphatic heterocycles. The third kappa shape index (κ3) is 5.09. The third-order valence-corrected chi connectivity index (χ3v) is 6.48. The number of anilines is 3. The Labute approximate surface area is 205 Å². The molecule has 0 unspecified atom stereocenters. The van der Waals surface area contributed by atoms with Crippen LogP contribution in [0.4, 0.5) is 17.2 Å². The Kier molecular flexibility index (Phi) is 6.93. The average Bonchev–Trinajstić information content (AvgIpc) is 3.12. The predicted octanol–water partition coefficient (Wildman–Crippen LogP) is 5.26. The lowest BCUT2D eigenvalue weighted by Crippen LogP contribution is -2.39. The summed E-state index contributed by atoms with van der Waals surface area (Å²) in [4.78, 5) is 27.1. The molecule has 0 spiro atoms. The van der Waals surface area contributed by atoms with Crippen molar-refractivity contribution in [3.05, 3.63) is 64.3 Å². The highest BCUT2D eigenvalue weighted by molar-refractivity contribution is 6.30. The van der Waals surface area contributed by atoms with Gasteiger partial charge >= 0.3 is 0 Å². The largest absolute Gasteiger partial charge is 0.355 e. The molecule has 1 aliphatic rings. The van der Waals surface area contributed by atoms with Gasteiger partial charge in [-0.15, -0.1) is 0 Å². The molecule has 8 heteroatoms. The molecule has 1 fully saturated rings. The van der Waals surface area contributed by atoms with Crippen LogP contribution in [0.3, 0.4) is 0 Å². The molecular weight excluding hydrogens is 450 g/mol. The lowest BCUT2D eigenvalue weighted by molar-refractivity contribution is -0.120. The van der Waals surface area contributed by atoms with E-state index in [9.17, 15) is 9.59 Å². The van der Waals surface area contributed by atoms with E-state index in [-0.39, 0.29) is 17.7 Å². The minimum absolute atomic E-state index is 0.0535. The molecule has 178 valence electrons. The van der Waals surface area contributed by atoms with Gasteiger partial charge in [0.1, 0.15) is 5.69 Å². The molecule has 0 aliphatic carbocycles. The van der Waals surface area contributed by atoms with E-state index in [4.69, 9.17) is 16.7 Å². The zero-order valence-corrected chi connectivity index (χ0v) is 20.7. The third-order valence-electron chi connectivity index (χ3n) is 6.22. The summed E-state index contributed by atoms with van der Waals surface area (Å²) >= 11 is 6.08. The van der Waals surface area contributed by atoms with Crippen LogP contribution in [0.1, 0.15) is 36.6 Å². The van der Waals surface area contributed by atoms with Crippen LogP contribution >= 0.6 is 11.6 Å². The highest BCUT2D eigenvalue weighted by Crippen LogP contribution is 2.35. The Hall–Kier alpha value is -3.32. The number of hydrogen-bond acceptors (Lipinski definition) is 4. The Morgan fingerprint density at radius 3 is 2.32 bits per heavy atom. The van der Waals surface area contributed by atoms with E-state index in [0.717, 1.165) is 34.0 Å². The van der Waals surface area contributed by atoms with Crippen LogP contribution in [-0.2, 0) is 9.59 Å². The van der Waals surface area contributed by atoms with Gasteiger partial charge in [0, 0.05) is 36.6 Å². The molecular formula is C26H30ClN5O2. The fourth-order valence-electron chi connectivity index (χ4n) is 4.35. The van der Waals surface area contributed by atoms with Crippen LogP contribution in [0, 0.1) is 26.7 Å². The Morgan fingerprint density at radius 2 is 1.68 bits per heavy atom. The number of rotatable bonds is 5. The highest BCUT2D eigenvalue weighted by atomic mass is 35.5. The number of nitrogens with zero attached hydrogens (tertiary/aromatic N) is 3. The van der Waals surface area contributed by atoms with Crippen molar-refractivity contribution >= 4 is 40.6 Å². The molecule has 0 saturated carbocycles. The summed E-state index contributed by atoms with van der Waals surface area (Å²) in [5, 5.41) is 11.4. The van der Waals surface area contributed by atoms with E-state index < -0.39 is 0 Å². The molecule has 34 heavy (non-hydrogen) atoms. The molecule has 3 aromatic rings. The first-order valence-corrected chi connectivity index (χ1v) is 11.9. The lowest BCUT2D eigenvalue weighted by atomic mass is 9.95. The van der Waals surface area contributed by atoms with Gasteiger partial charge in [0.2, 0.25) is 11.8 Å². The lowest BCUT2D eigenvalue weighted by Gasteiger charge is -2.33. The van der Waals surface area contributed by atoms with Crippen molar-refractivity contribution in [1.82, 2.24) is 9.78 Å². The number of piperidine rings is 1. The molecule has 0 bridgehead atoms. The summed E-state index contributed by atoms with van der Waals surface area (Å²) in [6, 6.07) is 13.5. The summed E-state index contributed by atoms with van der Waals surface area (Å²) in [5.74, 6) is 0.650. The van der Waals surface area contributed by atoms with Gasteiger partial charge in [-0.1, -0.05) is 23.7 Å². The number of carbonyl (C=O) groups is 2. The van der Waals surface area contributed by atoms with Crippen LogP contribution in [0.15, 0.2) is 42.5 Å². The van der Waals surface area contributed by atoms with Crippen molar-refractivity contribution < 1.29 is 9.59 Å². The Bertz CT molecular complexity index is 1210. The van der Waals surface area contributed by atoms with Crippen molar-refractivity contribution in [2.45, 2.75) is 40.5 Å². The molecule has 2 amide bonds. The van der Waals surface area contributed by atoms with Gasteiger partial charge < -0.3 is 15.5 Å². The van der Waals surface area contributed by atoms with Gasteiger partial charge in [-0.3, -0.25) is 9.59 Å². The van der Waals surface area contributed by atoms with Crippen molar-refractivity contribution in [3.63, 3.8) is 0 Å². The SMILES string of the molecule is CC(=O)Nc1c(C)nn(-c2ccc(Cl)cc2)c1N1CCC(C(=O)Nc2cc(C)ccc2C)CC1. The second-order valence-electron chi connectivity index (χ2n) is 8.92. The zero-order valence-electron chi connectivity index (χ0n) is 20.0. The van der Waals surface area contributed by atoms with Crippen molar-refractivity contribution in [2.75, 3.05) is 28.6 Å². The summed E-state index contributed by atoms with van der Waals surface area (Å²) < 4.78 is 1.84. The van der Waals surface area contributed by atoms with E-state index in [2.05, 4.69) is 15.5 Å². The van der Waals surface area contributed by atoms with Gasteiger partial charge in [-0.2, -0.15) is 5.10 Å². The van der Waals surface area contributed by atoms with E-state index in [1.165, 1.54) is 6.92 Å². The zero-order chi connectivity index (χ0) is 24.4. The van der Waals surface area contributed by atoms with Gasteiger partial charge in [-0.25, -0.2) is 4.68 Å². The fourth-order valence-corrected chi connectivity index (χ4v) is 4.48. The van der Waals surface area contributed by atoms with Crippen molar-refractivity contribution in [2.24, 2.45) is 5.92 Å². The minimum Gasteiger partial charge on any atom is -0.355 e. The first-order valence-electron chi connectivity index (χ1n) is 11.5. The molecule has 2 N–H and O–H groups in total. The number of benzene rings is 2. The van der Waals surface area contributed by atoms with E-state index in [1.54, 1.807) is 0 Å². The van der Waals surface area contributed by atoms with Gasteiger partial charge in [0.05, 0.1) is 11.4 Å². The normalized spacial score (nSPS) is 14.2. The molecule has 1 aromatic heterocycles. The molecule has 0 atom stereocenters. The quantitative estimate of drug-likeness (QED) is 0.522. The monoisotopic (exact) mass is 479 g/mol. The number of hydrogen-bond donors (Lipinski definition) is 2. The number of nitrogens with one attached hydrogen (secondary N) is 2.